The first-order chi connectivity index (χ1) is 8.70. The molecular formula is C14H19N3S. The lowest BCUT2D eigenvalue weighted by Gasteiger charge is -2.06. The van der Waals surface area contributed by atoms with E-state index >= 15 is 0 Å². The summed E-state index contributed by atoms with van der Waals surface area (Å²) < 4.78 is 0. The molecule has 4 heteroatoms. The third-order valence-electron chi connectivity index (χ3n) is 2.60. The average molecular weight is 261 g/mol. The van der Waals surface area contributed by atoms with Crippen molar-refractivity contribution < 1.29 is 0 Å². The lowest BCUT2D eigenvalue weighted by molar-refractivity contribution is 0.820. The minimum Gasteiger partial charge on any atom is -0.316 e. The van der Waals surface area contributed by atoms with Crippen molar-refractivity contribution in [2.75, 3.05) is 7.05 Å². The van der Waals surface area contributed by atoms with Crippen LogP contribution in [0.2, 0.25) is 0 Å². The SMILES string of the molecule is CNCc1cn[nH]c1-c1ccc(SC(C)C)cc1. The topological polar surface area (TPSA) is 40.7 Å². The Balaban J connectivity index is 2.20. The number of hydrogen-bond donors (Lipinski definition) is 2. The van der Waals surface area contributed by atoms with E-state index in [1.807, 2.05) is 25.0 Å². The fourth-order valence-corrected chi connectivity index (χ4v) is 2.70. The van der Waals surface area contributed by atoms with E-state index in [9.17, 15) is 0 Å². The van der Waals surface area contributed by atoms with Gasteiger partial charge in [-0.2, -0.15) is 5.10 Å². The molecule has 0 bridgehead atoms. The van der Waals surface area contributed by atoms with Crippen molar-refractivity contribution in [1.82, 2.24) is 15.5 Å². The molecule has 1 aromatic carbocycles. The molecular weight excluding hydrogens is 242 g/mol. The predicted molar refractivity (Wildman–Crippen MR) is 77.8 cm³/mol. The summed E-state index contributed by atoms with van der Waals surface area (Å²) in [4.78, 5) is 1.31. The van der Waals surface area contributed by atoms with Crippen LogP contribution in [-0.4, -0.2) is 22.5 Å². The Labute approximate surface area is 112 Å². The standard InChI is InChI=1S/C14H19N3S/c1-10(2)18-13-6-4-11(5-7-13)14-12(8-15-3)9-16-17-14/h4-7,9-10,15H,8H2,1-3H3,(H,16,17). The Morgan fingerprint density at radius 1 is 1.28 bits per heavy atom. The van der Waals surface area contributed by atoms with Crippen LogP contribution in [-0.2, 0) is 6.54 Å². The molecule has 1 aromatic heterocycles. The van der Waals surface area contributed by atoms with E-state index in [1.165, 1.54) is 16.0 Å². The minimum atomic E-state index is 0.614. The quantitative estimate of drug-likeness (QED) is 0.811. The molecule has 2 N–H and O–H groups in total. The summed E-state index contributed by atoms with van der Waals surface area (Å²) in [6.45, 7) is 5.24. The zero-order valence-corrected chi connectivity index (χ0v) is 11.8. The molecule has 0 saturated heterocycles. The van der Waals surface area contributed by atoms with Gasteiger partial charge >= 0.3 is 0 Å². The van der Waals surface area contributed by atoms with E-state index in [0.29, 0.717) is 5.25 Å². The van der Waals surface area contributed by atoms with E-state index in [1.54, 1.807) is 0 Å². The average Bonchev–Trinajstić information content (AvgIpc) is 2.78. The minimum absolute atomic E-state index is 0.614. The highest BCUT2D eigenvalue weighted by molar-refractivity contribution is 7.99. The molecule has 0 saturated carbocycles. The Morgan fingerprint density at radius 2 is 2.00 bits per heavy atom. The first kappa shape index (κ1) is 13.2. The van der Waals surface area contributed by atoms with Gasteiger partial charge in [0.05, 0.1) is 11.9 Å². The molecule has 0 unspecified atom stereocenters. The van der Waals surface area contributed by atoms with Crippen LogP contribution in [0.5, 0.6) is 0 Å². The Kier molecular flexibility index (Phi) is 4.44. The van der Waals surface area contributed by atoms with Gasteiger partial charge in [-0.3, -0.25) is 5.10 Å². The number of benzene rings is 1. The molecule has 0 atom stereocenters. The predicted octanol–water partition coefficient (Wildman–Crippen LogP) is 3.30. The maximum Gasteiger partial charge on any atom is 0.0695 e. The van der Waals surface area contributed by atoms with Crippen LogP contribution in [0.25, 0.3) is 11.3 Å². The van der Waals surface area contributed by atoms with Crippen molar-refractivity contribution in [3.8, 4) is 11.3 Å². The molecule has 2 aromatic rings. The van der Waals surface area contributed by atoms with Gasteiger partial charge in [0.2, 0.25) is 0 Å². The van der Waals surface area contributed by atoms with Crippen LogP contribution >= 0.6 is 11.8 Å². The van der Waals surface area contributed by atoms with Crippen LogP contribution in [0.3, 0.4) is 0 Å². The van der Waals surface area contributed by atoms with Gasteiger partial charge in [0.15, 0.2) is 0 Å². The van der Waals surface area contributed by atoms with E-state index in [4.69, 9.17) is 0 Å². The van der Waals surface area contributed by atoms with Gasteiger partial charge in [-0.15, -0.1) is 11.8 Å². The summed E-state index contributed by atoms with van der Waals surface area (Å²) in [7, 11) is 1.94. The van der Waals surface area contributed by atoms with Gasteiger partial charge in [-0.1, -0.05) is 26.0 Å². The lowest BCUT2D eigenvalue weighted by atomic mass is 10.1. The van der Waals surface area contributed by atoms with Crippen molar-refractivity contribution in [3.63, 3.8) is 0 Å². The molecule has 0 aliphatic heterocycles. The molecule has 0 radical (unpaired) electrons. The fraction of sp³-hybridized carbons (Fsp3) is 0.357. The normalized spacial score (nSPS) is 11.1. The largest absolute Gasteiger partial charge is 0.316 e. The van der Waals surface area contributed by atoms with Gasteiger partial charge in [-0.05, 0) is 24.7 Å². The van der Waals surface area contributed by atoms with Crippen molar-refractivity contribution in [2.45, 2.75) is 30.5 Å². The molecule has 0 spiro atoms. The number of thioether (sulfide) groups is 1. The van der Waals surface area contributed by atoms with Crippen molar-refractivity contribution in [2.24, 2.45) is 0 Å². The number of H-pyrrole nitrogens is 1. The fourth-order valence-electron chi connectivity index (χ4n) is 1.86. The maximum atomic E-state index is 4.12. The van der Waals surface area contributed by atoms with Crippen molar-refractivity contribution >= 4 is 11.8 Å². The Bertz CT molecular complexity index is 488. The van der Waals surface area contributed by atoms with Gasteiger partial charge in [-0.25, -0.2) is 0 Å². The zero-order valence-electron chi connectivity index (χ0n) is 11.0. The molecule has 2 rings (SSSR count). The molecule has 96 valence electrons. The summed E-state index contributed by atoms with van der Waals surface area (Å²) in [6.07, 6.45) is 1.88. The first-order valence-corrected chi connectivity index (χ1v) is 7.02. The molecule has 0 amide bonds. The van der Waals surface area contributed by atoms with Crippen molar-refractivity contribution in [3.05, 3.63) is 36.0 Å². The monoisotopic (exact) mass is 261 g/mol. The van der Waals surface area contributed by atoms with E-state index in [2.05, 4.69) is 53.6 Å². The second-order valence-electron chi connectivity index (χ2n) is 4.49. The highest BCUT2D eigenvalue weighted by Gasteiger charge is 2.07. The number of nitrogens with zero attached hydrogens (tertiary/aromatic N) is 1. The number of hydrogen-bond acceptors (Lipinski definition) is 3. The lowest BCUT2D eigenvalue weighted by Crippen LogP contribution is -2.05. The molecule has 18 heavy (non-hydrogen) atoms. The van der Waals surface area contributed by atoms with E-state index < -0.39 is 0 Å². The molecule has 0 fully saturated rings. The molecule has 1 heterocycles. The van der Waals surface area contributed by atoms with Gasteiger partial charge in [0.1, 0.15) is 0 Å². The third-order valence-corrected chi connectivity index (χ3v) is 3.62. The second-order valence-corrected chi connectivity index (χ2v) is 6.14. The van der Waals surface area contributed by atoms with Crippen LogP contribution in [0.15, 0.2) is 35.4 Å². The summed E-state index contributed by atoms with van der Waals surface area (Å²) in [6, 6.07) is 8.64. The second kappa shape index (κ2) is 6.07. The number of rotatable bonds is 5. The number of aromatic amines is 1. The van der Waals surface area contributed by atoms with Gasteiger partial charge in [0.25, 0.3) is 0 Å². The van der Waals surface area contributed by atoms with Gasteiger partial charge in [0, 0.05) is 22.3 Å². The smallest absolute Gasteiger partial charge is 0.0695 e. The first-order valence-electron chi connectivity index (χ1n) is 6.14. The van der Waals surface area contributed by atoms with E-state index in [0.717, 1.165) is 12.2 Å². The number of aromatic nitrogens is 2. The Morgan fingerprint density at radius 3 is 2.61 bits per heavy atom. The summed E-state index contributed by atoms with van der Waals surface area (Å²) in [5, 5.41) is 11.0. The van der Waals surface area contributed by atoms with Crippen LogP contribution in [0.1, 0.15) is 19.4 Å². The van der Waals surface area contributed by atoms with Gasteiger partial charge < -0.3 is 5.32 Å². The highest BCUT2D eigenvalue weighted by Crippen LogP contribution is 2.27. The molecule has 0 aliphatic carbocycles. The highest BCUT2D eigenvalue weighted by atomic mass is 32.2. The van der Waals surface area contributed by atoms with Crippen LogP contribution in [0, 0.1) is 0 Å². The van der Waals surface area contributed by atoms with Crippen LogP contribution < -0.4 is 5.32 Å². The number of nitrogens with one attached hydrogen (secondary N) is 2. The summed E-state index contributed by atoms with van der Waals surface area (Å²) in [5.41, 5.74) is 3.48. The van der Waals surface area contributed by atoms with Crippen LogP contribution in [0.4, 0.5) is 0 Å². The summed E-state index contributed by atoms with van der Waals surface area (Å²) >= 11 is 1.88. The van der Waals surface area contributed by atoms with Crippen molar-refractivity contribution in [1.29, 1.82) is 0 Å². The summed E-state index contributed by atoms with van der Waals surface area (Å²) in [5.74, 6) is 0. The third kappa shape index (κ3) is 3.15. The Hall–Kier alpha value is -1.26. The maximum absolute atomic E-state index is 4.12. The molecule has 3 nitrogen and oxygen atoms in total. The van der Waals surface area contributed by atoms with E-state index in [-0.39, 0.29) is 0 Å². The molecule has 0 aliphatic rings. The zero-order chi connectivity index (χ0) is 13.0.